The van der Waals surface area contributed by atoms with E-state index in [1.807, 2.05) is 37.8 Å². The Kier molecular flexibility index (Phi) is 4.65. The van der Waals surface area contributed by atoms with Crippen LogP contribution < -0.4 is 0 Å². The normalized spacial score (nSPS) is 17.5. The van der Waals surface area contributed by atoms with Crippen molar-refractivity contribution >= 4 is 5.91 Å². The van der Waals surface area contributed by atoms with Crippen molar-refractivity contribution in [1.82, 2.24) is 9.88 Å². The Morgan fingerprint density at radius 2 is 1.92 bits per heavy atom. The molecule has 3 rings (SSSR count). The number of benzene rings is 1. The van der Waals surface area contributed by atoms with Gasteiger partial charge in [0.2, 0.25) is 5.91 Å². The number of halogens is 1. The van der Waals surface area contributed by atoms with Crippen LogP contribution in [0.3, 0.4) is 0 Å². The fourth-order valence-corrected chi connectivity index (χ4v) is 3.34. The Labute approximate surface area is 142 Å². The molecule has 1 saturated heterocycles. The van der Waals surface area contributed by atoms with Gasteiger partial charge in [-0.2, -0.15) is 0 Å². The van der Waals surface area contributed by atoms with Gasteiger partial charge in [0, 0.05) is 18.2 Å². The summed E-state index contributed by atoms with van der Waals surface area (Å²) in [7, 11) is 0. The van der Waals surface area contributed by atoms with Gasteiger partial charge in [-0.15, -0.1) is 0 Å². The molecule has 0 aliphatic carbocycles. The number of hydrogen-bond donors (Lipinski definition) is 0. The summed E-state index contributed by atoms with van der Waals surface area (Å²) in [6.45, 7) is 6.62. The molecule has 126 valence electrons. The lowest BCUT2D eigenvalue weighted by Crippen LogP contribution is -2.34. The van der Waals surface area contributed by atoms with Crippen LogP contribution in [0.25, 0.3) is 11.1 Å². The summed E-state index contributed by atoms with van der Waals surface area (Å²) in [5.41, 5.74) is 3.82. The van der Waals surface area contributed by atoms with Gasteiger partial charge < -0.3 is 4.90 Å². The van der Waals surface area contributed by atoms with Crippen molar-refractivity contribution in [2.75, 3.05) is 6.54 Å². The monoisotopic (exact) mass is 326 g/mol. The molecule has 4 heteroatoms. The van der Waals surface area contributed by atoms with Crippen LogP contribution in [0.1, 0.15) is 44.1 Å². The molecule has 1 aliphatic rings. The van der Waals surface area contributed by atoms with Crippen molar-refractivity contribution in [1.29, 1.82) is 0 Å². The van der Waals surface area contributed by atoms with Crippen LogP contribution >= 0.6 is 0 Å². The first-order valence-corrected chi connectivity index (χ1v) is 8.50. The second-order valence-electron chi connectivity index (χ2n) is 6.77. The predicted molar refractivity (Wildman–Crippen MR) is 92.9 cm³/mol. The average Bonchev–Trinajstić information content (AvgIpc) is 3.03. The molecule has 0 unspecified atom stereocenters. The van der Waals surface area contributed by atoms with Crippen LogP contribution in [0, 0.1) is 18.7 Å². The van der Waals surface area contributed by atoms with Crippen molar-refractivity contribution in [3.05, 3.63) is 53.6 Å². The molecule has 1 amide bonds. The smallest absolute Gasteiger partial charge is 0.225 e. The van der Waals surface area contributed by atoms with Gasteiger partial charge in [0.15, 0.2) is 0 Å². The number of carbonyl (C=O) groups is 1. The zero-order valence-electron chi connectivity index (χ0n) is 14.4. The van der Waals surface area contributed by atoms with Gasteiger partial charge in [0.25, 0.3) is 0 Å². The minimum absolute atomic E-state index is 0.00743. The van der Waals surface area contributed by atoms with E-state index >= 15 is 0 Å². The number of carbonyl (C=O) groups excluding carboxylic acids is 1. The molecule has 1 fully saturated rings. The Hall–Kier alpha value is -2.23. The zero-order chi connectivity index (χ0) is 17.3. The predicted octanol–water partition coefficient (Wildman–Crippen LogP) is 4.52. The second-order valence-corrected chi connectivity index (χ2v) is 6.77. The van der Waals surface area contributed by atoms with Crippen molar-refractivity contribution < 1.29 is 9.18 Å². The van der Waals surface area contributed by atoms with Gasteiger partial charge in [-0.1, -0.05) is 26.0 Å². The van der Waals surface area contributed by atoms with E-state index in [1.54, 1.807) is 12.1 Å². The highest BCUT2D eigenvalue weighted by atomic mass is 19.1. The molecule has 3 nitrogen and oxygen atoms in total. The van der Waals surface area contributed by atoms with Crippen molar-refractivity contribution in [3.63, 3.8) is 0 Å². The van der Waals surface area contributed by atoms with Crippen LogP contribution in [-0.2, 0) is 4.79 Å². The minimum Gasteiger partial charge on any atom is -0.334 e. The summed E-state index contributed by atoms with van der Waals surface area (Å²) >= 11 is 0. The number of aryl methyl sites for hydroxylation is 1. The first-order chi connectivity index (χ1) is 11.5. The number of amides is 1. The lowest BCUT2D eigenvalue weighted by Gasteiger charge is -2.26. The molecular formula is C20H23FN2O. The molecule has 24 heavy (non-hydrogen) atoms. The molecule has 0 bridgehead atoms. The molecule has 2 aromatic rings. The van der Waals surface area contributed by atoms with Crippen LogP contribution in [0.4, 0.5) is 4.39 Å². The lowest BCUT2D eigenvalue weighted by molar-refractivity contribution is -0.135. The highest BCUT2D eigenvalue weighted by Gasteiger charge is 2.32. The van der Waals surface area contributed by atoms with Crippen LogP contribution in [0.5, 0.6) is 0 Å². The van der Waals surface area contributed by atoms with Crippen molar-refractivity contribution in [2.24, 2.45) is 5.92 Å². The molecule has 0 saturated carbocycles. The number of likely N-dealkylation sites (tertiary alicyclic amines) is 1. The lowest BCUT2D eigenvalue weighted by atomic mass is 10.0. The van der Waals surface area contributed by atoms with Gasteiger partial charge in [-0.25, -0.2) is 4.39 Å². The van der Waals surface area contributed by atoms with E-state index in [1.165, 1.54) is 12.1 Å². The molecule has 1 aliphatic heterocycles. The van der Waals surface area contributed by atoms with E-state index < -0.39 is 0 Å². The number of aromatic nitrogens is 1. The van der Waals surface area contributed by atoms with Gasteiger partial charge >= 0.3 is 0 Å². The Bertz CT molecular complexity index is 740. The highest BCUT2D eigenvalue weighted by Crippen LogP contribution is 2.34. The van der Waals surface area contributed by atoms with Crippen molar-refractivity contribution in [2.45, 2.75) is 39.7 Å². The molecule has 1 aromatic heterocycles. The second kappa shape index (κ2) is 6.71. The van der Waals surface area contributed by atoms with E-state index in [4.69, 9.17) is 0 Å². The molecule has 2 heterocycles. The first kappa shape index (κ1) is 16.6. The summed E-state index contributed by atoms with van der Waals surface area (Å²) < 4.78 is 13.2. The van der Waals surface area contributed by atoms with E-state index in [0.717, 1.165) is 41.9 Å². The van der Waals surface area contributed by atoms with Gasteiger partial charge in [-0.3, -0.25) is 9.78 Å². The van der Waals surface area contributed by atoms with Crippen LogP contribution in [-0.4, -0.2) is 22.3 Å². The summed E-state index contributed by atoms with van der Waals surface area (Å²) in [6, 6.07) is 10.6. The number of pyridine rings is 1. The Balaban J connectivity index is 1.96. The van der Waals surface area contributed by atoms with Gasteiger partial charge in [0.05, 0.1) is 11.7 Å². The fourth-order valence-electron chi connectivity index (χ4n) is 3.34. The molecule has 0 spiro atoms. The van der Waals surface area contributed by atoms with Gasteiger partial charge in [0.1, 0.15) is 5.82 Å². The maximum atomic E-state index is 13.2. The summed E-state index contributed by atoms with van der Waals surface area (Å²) in [4.78, 5) is 19.1. The zero-order valence-corrected chi connectivity index (χ0v) is 14.4. The van der Waals surface area contributed by atoms with Crippen molar-refractivity contribution in [3.8, 4) is 11.1 Å². The molecule has 1 atom stereocenters. The molecule has 0 radical (unpaired) electrons. The molecule has 1 aromatic carbocycles. The minimum atomic E-state index is -0.241. The highest BCUT2D eigenvalue weighted by molar-refractivity contribution is 5.79. The van der Waals surface area contributed by atoms with Crippen LogP contribution in [0.2, 0.25) is 0 Å². The third-order valence-electron chi connectivity index (χ3n) is 4.52. The Morgan fingerprint density at radius 1 is 1.21 bits per heavy atom. The maximum Gasteiger partial charge on any atom is 0.225 e. The van der Waals surface area contributed by atoms with E-state index in [0.29, 0.717) is 0 Å². The van der Waals surface area contributed by atoms with E-state index in [-0.39, 0.29) is 23.7 Å². The first-order valence-electron chi connectivity index (χ1n) is 8.50. The van der Waals surface area contributed by atoms with Gasteiger partial charge in [-0.05, 0) is 55.2 Å². The largest absolute Gasteiger partial charge is 0.334 e. The maximum absolute atomic E-state index is 13.2. The summed E-state index contributed by atoms with van der Waals surface area (Å²) in [5.74, 6) is -0.0645. The topological polar surface area (TPSA) is 33.2 Å². The summed E-state index contributed by atoms with van der Waals surface area (Å²) in [5, 5.41) is 0. The number of rotatable bonds is 3. The Morgan fingerprint density at radius 3 is 2.58 bits per heavy atom. The standard InChI is InChI=1S/C20H23FN2O/c1-13(2)20(24)23-10-4-5-19(23)18-12-16(11-14(3)22-18)15-6-8-17(21)9-7-15/h6-9,11-13,19H,4-5,10H2,1-3H3/t19-/m1/s1. The fraction of sp³-hybridized carbons (Fsp3) is 0.400. The summed E-state index contributed by atoms with van der Waals surface area (Å²) in [6.07, 6.45) is 1.95. The number of nitrogens with zero attached hydrogens (tertiary/aromatic N) is 2. The SMILES string of the molecule is Cc1cc(-c2ccc(F)cc2)cc([C@H]2CCCN2C(=O)C(C)C)n1. The number of hydrogen-bond acceptors (Lipinski definition) is 2. The quantitative estimate of drug-likeness (QED) is 0.831. The van der Waals surface area contributed by atoms with E-state index in [9.17, 15) is 9.18 Å². The van der Waals surface area contributed by atoms with Crippen LogP contribution in [0.15, 0.2) is 36.4 Å². The average molecular weight is 326 g/mol. The molecular weight excluding hydrogens is 303 g/mol. The third-order valence-corrected chi connectivity index (χ3v) is 4.52. The van der Waals surface area contributed by atoms with E-state index in [2.05, 4.69) is 4.98 Å². The third kappa shape index (κ3) is 3.32. The molecule has 0 N–H and O–H groups in total.